The quantitative estimate of drug-likeness (QED) is 0.627. The molecule has 0 atom stereocenters. The molecule has 1 aromatic rings. The second-order valence-corrected chi connectivity index (χ2v) is 4.69. The molecule has 1 aliphatic rings. The summed E-state index contributed by atoms with van der Waals surface area (Å²) in [7, 11) is 0. The maximum Gasteiger partial charge on any atom is 0.256 e. The Morgan fingerprint density at radius 2 is 1.74 bits per heavy atom. The third kappa shape index (κ3) is 2.85. The number of carbonyl (C=O) groups is 3. The first-order valence-electron chi connectivity index (χ1n) is 5.15. The van der Waals surface area contributed by atoms with Gasteiger partial charge in [0.15, 0.2) is 0 Å². The lowest BCUT2D eigenvalue weighted by Gasteiger charge is -2.25. The Balaban J connectivity index is 2.31. The van der Waals surface area contributed by atoms with E-state index in [0.29, 0.717) is 0 Å². The normalized spacial score (nSPS) is 15.4. The maximum atomic E-state index is 13.3. The molecule has 0 aliphatic carbocycles. The molecule has 19 heavy (non-hydrogen) atoms. The molecule has 3 amide bonds. The van der Waals surface area contributed by atoms with E-state index in [-0.39, 0.29) is 28.7 Å². The molecule has 0 unspecified atom stereocenters. The lowest BCUT2D eigenvalue weighted by atomic mass is 10.1. The molecule has 1 heterocycles. The highest BCUT2D eigenvalue weighted by atomic mass is 35.5. The second kappa shape index (κ2) is 5.14. The van der Waals surface area contributed by atoms with Crippen molar-refractivity contribution in [2.24, 2.45) is 0 Å². The van der Waals surface area contributed by atoms with Crippen LogP contribution in [0.15, 0.2) is 12.1 Å². The zero-order chi connectivity index (χ0) is 14.2. The second-order valence-electron chi connectivity index (χ2n) is 3.88. The molecule has 8 heteroatoms. The van der Waals surface area contributed by atoms with Crippen molar-refractivity contribution in [3.63, 3.8) is 0 Å². The lowest BCUT2D eigenvalue weighted by molar-refractivity contribution is -0.135. The predicted octanol–water partition coefficient (Wildman–Crippen LogP) is 1.23. The Bertz CT molecular complexity index is 576. The number of nitrogens with one attached hydrogen (secondary N) is 1. The standard InChI is InChI=1S/C11H7Cl2FN2O3/c12-6-2-7(13)8(14)1-5(6)11(19)16-3-9(17)15-10(18)4-16/h1-2H,3-4H2,(H,15,17,18). The summed E-state index contributed by atoms with van der Waals surface area (Å²) in [6, 6.07) is 1.97. The molecule has 1 fully saturated rings. The predicted molar refractivity (Wildman–Crippen MR) is 65.5 cm³/mol. The van der Waals surface area contributed by atoms with Crippen molar-refractivity contribution in [2.45, 2.75) is 0 Å². The van der Waals surface area contributed by atoms with Gasteiger partial charge >= 0.3 is 0 Å². The van der Waals surface area contributed by atoms with Crippen molar-refractivity contribution in [3.05, 3.63) is 33.6 Å². The average Bonchev–Trinajstić information content (AvgIpc) is 2.31. The van der Waals surface area contributed by atoms with Crippen LogP contribution in [0.1, 0.15) is 10.4 Å². The van der Waals surface area contributed by atoms with Crippen LogP contribution in [0.25, 0.3) is 0 Å². The maximum absolute atomic E-state index is 13.3. The monoisotopic (exact) mass is 304 g/mol. The molecule has 5 nitrogen and oxygen atoms in total. The van der Waals surface area contributed by atoms with Gasteiger partial charge < -0.3 is 4.90 Å². The van der Waals surface area contributed by atoms with Gasteiger partial charge in [-0.1, -0.05) is 23.2 Å². The van der Waals surface area contributed by atoms with Crippen LogP contribution in [0.2, 0.25) is 10.0 Å². The summed E-state index contributed by atoms with van der Waals surface area (Å²) >= 11 is 11.3. The zero-order valence-electron chi connectivity index (χ0n) is 9.37. The first-order chi connectivity index (χ1) is 8.88. The first kappa shape index (κ1) is 13.8. The summed E-state index contributed by atoms with van der Waals surface area (Å²) in [5.41, 5.74) is -0.147. The van der Waals surface area contributed by atoms with Gasteiger partial charge in [0.05, 0.1) is 15.6 Å². The average molecular weight is 305 g/mol. The number of piperazine rings is 1. The van der Waals surface area contributed by atoms with Crippen molar-refractivity contribution in [1.29, 1.82) is 0 Å². The molecule has 100 valence electrons. The minimum absolute atomic E-state index is 0.0465. The van der Waals surface area contributed by atoms with E-state index in [1.54, 1.807) is 0 Å². The molecule has 0 spiro atoms. The van der Waals surface area contributed by atoms with Crippen LogP contribution in [0.3, 0.4) is 0 Å². The molecule has 0 saturated carbocycles. The Morgan fingerprint density at radius 1 is 1.16 bits per heavy atom. The van der Waals surface area contributed by atoms with Crippen LogP contribution in [0.5, 0.6) is 0 Å². The number of hydrogen-bond donors (Lipinski definition) is 1. The van der Waals surface area contributed by atoms with E-state index in [4.69, 9.17) is 23.2 Å². The Morgan fingerprint density at radius 3 is 2.32 bits per heavy atom. The smallest absolute Gasteiger partial charge is 0.256 e. The number of imide groups is 1. The molecule has 0 bridgehead atoms. The van der Waals surface area contributed by atoms with Crippen molar-refractivity contribution < 1.29 is 18.8 Å². The van der Waals surface area contributed by atoms with Gasteiger partial charge in [-0.05, 0) is 12.1 Å². The highest BCUT2D eigenvalue weighted by molar-refractivity contribution is 6.36. The molecule has 0 aromatic heterocycles. The topological polar surface area (TPSA) is 66.5 Å². The van der Waals surface area contributed by atoms with Gasteiger partial charge in [0.1, 0.15) is 18.9 Å². The minimum Gasteiger partial charge on any atom is -0.320 e. The Kier molecular flexibility index (Phi) is 3.73. The molecule has 1 saturated heterocycles. The Hall–Kier alpha value is -1.66. The zero-order valence-corrected chi connectivity index (χ0v) is 10.9. The fourth-order valence-corrected chi connectivity index (χ4v) is 2.10. The van der Waals surface area contributed by atoms with Crippen LogP contribution in [-0.4, -0.2) is 35.7 Å². The summed E-state index contributed by atoms with van der Waals surface area (Å²) in [4.78, 5) is 35.4. The number of halogens is 3. The molecule has 1 aromatic carbocycles. The van der Waals surface area contributed by atoms with Crippen LogP contribution in [0.4, 0.5) is 4.39 Å². The molecular weight excluding hydrogens is 298 g/mol. The first-order valence-corrected chi connectivity index (χ1v) is 5.90. The molecular formula is C11H7Cl2FN2O3. The van der Waals surface area contributed by atoms with Crippen LogP contribution in [0, 0.1) is 5.82 Å². The van der Waals surface area contributed by atoms with E-state index in [0.717, 1.165) is 17.0 Å². The van der Waals surface area contributed by atoms with Crippen LogP contribution in [-0.2, 0) is 9.59 Å². The largest absolute Gasteiger partial charge is 0.320 e. The molecule has 1 aliphatic heterocycles. The SMILES string of the molecule is O=C1CN(C(=O)c2cc(F)c(Cl)cc2Cl)CC(=O)N1. The Labute approximate surface area is 117 Å². The van der Waals surface area contributed by atoms with Gasteiger partial charge in [0.25, 0.3) is 5.91 Å². The summed E-state index contributed by atoms with van der Waals surface area (Å²) in [5.74, 6) is -2.71. The summed E-state index contributed by atoms with van der Waals surface area (Å²) in [6.07, 6.45) is 0. The highest BCUT2D eigenvalue weighted by Gasteiger charge is 2.28. The lowest BCUT2D eigenvalue weighted by Crippen LogP contribution is -2.53. The van der Waals surface area contributed by atoms with Gasteiger partial charge in [-0.2, -0.15) is 0 Å². The van der Waals surface area contributed by atoms with E-state index in [1.807, 2.05) is 0 Å². The summed E-state index contributed by atoms with van der Waals surface area (Å²) < 4.78 is 13.3. The van der Waals surface area contributed by atoms with Crippen molar-refractivity contribution in [3.8, 4) is 0 Å². The van der Waals surface area contributed by atoms with Crippen LogP contribution < -0.4 is 5.32 Å². The van der Waals surface area contributed by atoms with Gasteiger partial charge in [-0.3, -0.25) is 19.7 Å². The number of benzene rings is 1. The highest BCUT2D eigenvalue weighted by Crippen LogP contribution is 2.25. The van der Waals surface area contributed by atoms with E-state index < -0.39 is 23.5 Å². The fourth-order valence-electron chi connectivity index (χ4n) is 1.64. The number of rotatable bonds is 1. The number of hydrogen-bond acceptors (Lipinski definition) is 3. The minimum atomic E-state index is -0.804. The van der Waals surface area contributed by atoms with Crippen molar-refractivity contribution >= 4 is 40.9 Å². The third-order valence-electron chi connectivity index (χ3n) is 2.48. The van der Waals surface area contributed by atoms with E-state index in [2.05, 4.69) is 5.32 Å². The summed E-state index contributed by atoms with van der Waals surface area (Å²) in [6.45, 7) is -0.573. The van der Waals surface area contributed by atoms with Gasteiger partial charge in [-0.15, -0.1) is 0 Å². The van der Waals surface area contributed by atoms with Gasteiger partial charge in [0.2, 0.25) is 11.8 Å². The van der Waals surface area contributed by atoms with Gasteiger partial charge in [-0.25, -0.2) is 4.39 Å². The van der Waals surface area contributed by atoms with Gasteiger partial charge in [0, 0.05) is 0 Å². The molecule has 1 N–H and O–H groups in total. The number of amides is 3. The molecule has 0 radical (unpaired) electrons. The number of carbonyl (C=O) groups excluding carboxylic acids is 3. The molecule has 2 rings (SSSR count). The fraction of sp³-hybridized carbons (Fsp3) is 0.182. The van der Waals surface area contributed by atoms with E-state index >= 15 is 0 Å². The van der Waals surface area contributed by atoms with Crippen LogP contribution >= 0.6 is 23.2 Å². The van der Waals surface area contributed by atoms with E-state index in [9.17, 15) is 18.8 Å². The van der Waals surface area contributed by atoms with Crippen molar-refractivity contribution in [2.75, 3.05) is 13.1 Å². The number of nitrogens with zero attached hydrogens (tertiary/aromatic N) is 1. The third-order valence-corrected chi connectivity index (χ3v) is 3.08. The van der Waals surface area contributed by atoms with Crippen molar-refractivity contribution in [1.82, 2.24) is 10.2 Å². The van der Waals surface area contributed by atoms with E-state index in [1.165, 1.54) is 0 Å². The summed E-state index contributed by atoms with van der Waals surface area (Å²) in [5, 5.41) is 1.79.